The standard InChI is InChI=1S/C15H11FO/c1-17-14-10-7-12(8-11-14)6-9-13-4-2-3-5-15(13)16/h4-11H,1H3/b9-6+. The quantitative estimate of drug-likeness (QED) is 0.776. The molecule has 2 aromatic carbocycles. The van der Waals surface area contributed by atoms with E-state index in [2.05, 4.69) is 12.1 Å². The van der Waals surface area contributed by atoms with E-state index in [-0.39, 0.29) is 5.82 Å². The van der Waals surface area contributed by atoms with E-state index in [0.717, 1.165) is 11.3 Å². The summed E-state index contributed by atoms with van der Waals surface area (Å²) in [6.07, 6.45) is 3.55. The number of methoxy groups -OCH3 is 1. The van der Waals surface area contributed by atoms with Gasteiger partial charge in [-0.25, -0.2) is 4.39 Å². The first kappa shape index (κ1) is 11.2. The van der Waals surface area contributed by atoms with Gasteiger partial charge in [-0.1, -0.05) is 36.4 Å². The summed E-state index contributed by atoms with van der Waals surface area (Å²) in [5.41, 5.74) is 1.48. The van der Waals surface area contributed by atoms with E-state index in [4.69, 9.17) is 4.74 Å². The zero-order valence-corrected chi connectivity index (χ0v) is 9.41. The molecule has 84 valence electrons. The van der Waals surface area contributed by atoms with Gasteiger partial charge in [-0.3, -0.25) is 0 Å². The van der Waals surface area contributed by atoms with Gasteiger partial charge in [0.15, 0.2) is 0 Å². The molecule has 0 aliphatic carbocycles. The zero-order valence-electron chi connectivity index (χ0n) is 9.41. The molecular formula is C15H11FO. The van der Waals surface area contributed by atoms with Gasteiger partial charge in [0.2, 0.25) is 0 Å². The Hall–Kier alpha value is -2.27. The SMILES string of the molecule is COc1ccc(/C=C/c2cc#ccc2F)cc1. The van der Waals surface area contributed by atoms with E-state index < -0.39 is 0 Å². The molecule has 0 saturated heterocycles. The first-order valence-electron chi connectivity index (χ1n) is 5.19. The molecule has 0 aliphatic rings. The minimum atomic E-state index is -0.298. The second kappa shape index (κ2) is 5.18. The molecule has 0 spiro atoms. The van der Waals surface area contributed by atoms with Crippen molar-refractivity contribution in [2.75, 3.05) is 7.11 Å². The van der Waals surface area contributed by atoms with Crippen LogP contribution in [0.3, 0.4) is 0 Å². The molecule has 1 nitrogen and oxygen atoms in total. The van der Waals surface area contributed by atoms with Crippen LogP contribution in [0.15, 0.2) is 36.4 Å². The molecule has 0 saturated carbocycles. The van der Waals surface area contributed by atoms with E-state index >= 15 is 0 Å². The third-order valence-electron chi connectivity index (χ3n) is 2.36. The van der Waals surface area contributed by atoms with E-state index in [9.17, 15) is 4.39 Å². The lowest BCUT2D eigenvalue weighted by Crippen LogP contribution is -1.81. The van der Waals surface area contributed by atoms with Crippen molar-refractivity contribution in [3.05, 3.63) is 65.5 Å². The summed E-state index contributed by atoms with van der Waals surface area (Å²) in [5.74, 6) is 0.504. The van der Waals surface area contributed by atoms with Crippen molar-refractivity contribution in [2.24, 2.45) is 0 Å². The third-order valence-corrected chi connectivity index (χ3v) is 2.36. The molecule has 0 N–H and O–H groups in total. The summed E-state index contributed by atoms with van der Waals surface area (Å²) in [6, 6.07) is 15.7. The minimum absolute atomic E-state index is 0.298. The molecule has 17 heavy (non-hydrogen) atoms. The third kappa shape index (κ3) is 2.85. The highest BCUT2D eigenvalue weighted by atomic mass is 19.1. The summed E-state index contributed by atoms with van der Waals surface area (Å²) in [6.45, 7) is 0. The molecule has 0 amide bonds. The maximum atomic E-state index is 13.3. The van der Waals surface area contributed by atoms with Crippen LogP contribution in [0.5, 0.6) is 5.75 Å². The Morgan fingerprint density at radius 2 is 1.76 bits per heavy atom. The van der Waals surface area contributed by atoms with Gasteiger partial charge in [-0.15, -0.1) is 0 Å². The first-order chi connectivity index (χ1) is 8.29. The van der Waals surface area contributed by atoms with Gasteiger partial charge in [-0.05, 0) is 23.8 Å². The van der Waals surface area contributed by atoms with Gasteiger partial charge in [0.1, 0.15) is 11.6 Å². The number of ether oxygens (including phenoxy) is 1. The summed E-state index contributed by atoms with van der Waals surface area (Å²) in [7, 11) is 1.62. The Morgan fingerprint density at radius 3 is 2.41 bits per heavy atom. The Morgan fingerprint density at radius 1 is 1.06 bits per heavy atom. The molecule has 0 fully saturated rings. The fourth-order valence-corrected chi connectivity index (χ4v) is 1.41. The maximum Gasteiger partial charge on any atom is 0.139 e. The van der Waals surface area contributed by atoms with Crippen LogP contribution >= 0.6 is 0 Å². The Kier molecular flexibility index (Phi) is 3.42. The summed E-state index contributed by atoms with van der Waals surface area (Å²) in [5, 5.41) is 0. The normalized spacial score (nSPS) is 10.2. The average molecular weight is 226 g/mol. The van der Waals surface area contributed by atoms with Crippen molar-refractivity contribution in [1.29, 1.82) is 0 Å². The minimum Gasteiger partial charge on any atom is -0.497 e. The second-order valence-corrected chi connectivity index (χ2v) is 3.49. The van der Waals surface area contributed by atoms with Gasteiger partial charge >= 0.3 is 0 Å². The Bertz CT molecular complexity index is 515. The van der Waals surface area contributed by atoms with E-state index in [1.807, 2.05) is 30.3 Å². The summed E-state index contributed by atoms with van der Waals surface area (Å²) >= 11 is 0. The molecule has 2 heteroatoms. The topological polar surface area (TPSA) is 9.23 Å². The maximum absolute atomic E-state index is 13.3. The molecular weight excluding hydrogens is 215 g/mol. The lowest BCUT2D eigenvalue weighted by atomic mass is 10.1. The number of hydrogen-bond donors (Lipinski definition) is 0. The molecule has 0 radical (unpaired) electrons. The smallest absolute Gasteiger partial charge is 0.139 e. The van der Waals surface area contributed by atoms with Crippen molar-refractivity contribution in [2.45, 2.75) is 0 Å². The van der Waals surface area contributed by atoms with Gasteiger partial charge in [-0.2, -0.15) is 0 Å². The van der Waals surface area contributed by atoms with Crippen molar-refractivity contribution in [3.8, 4) is 5.75 Å². The number of rotatable bonds is 3. The van der Waals surface area contributed by atoms with Gasteiger partial charge in [0, 0.05) is 11.6 Å². The molecule has 0 heterocycles. The van der Waals surface area contributed by atoms with Crippen LogP contribution in [0.4, 0.5) is 4.39 Å². The van der Waals surface area contributed by atoms with Crippen LogP contribution in [0, 0.1) is 17.9 Å². The molecule has 0 unspecified atom stereocenters. The van der Waals surface area contributed by atoms with Crippen molar-refractivity contribution in [3.63, 3.8) is 0 Å². The van der Waals surface area contributed by atoms with Crippen LogP contribution in [-0.4, -0.2) is 7.11 Å². The molecule has 0 atom stereocenters. The number of benzene rings is 1. The molecule has 0 bridgehead atoms. The largest absolute Gasteiger partial charge is 0.497 e. The van der Waals surface area contributed by atoms with Gasteiger partial charge in [0.05, 0.1) is 7.11 Å². The van der Waals surface area contributed by atoms with Crippen molar-refractivity contribution in [1.82, 2.24) is 0 Å². The van der Waals surface area contributed by atoms with E-state index in [1.54, 1.807) is 19.3 Å². The highest BCUT2D eigenvalue weighted by molar-refractivity contribution is 5.69. The monoisotopic (exact) mass is 226 g/mol. The van der Waals surface area contributed by atoms with E-state index in [0.29, 0.717) is 5.56 Å². The zero-order chi connectivity index (χ0) is 12.1. The van der Waals surface area contributed by atoms with Crippen LogP contribution in [-0.2, 0) is 0 Å². The van der Waals surface area contributed by atoms with Gasteiger partial charge < -0.3 is 4.74 Å². The predicted octanol–water partition coefficient (Wildman–Crippen LogP) is 3.61. The lowest BCUT2D eigenvalue weighted by molar-refractivity contribution is 0.415. The molecule has 2 aromatic rings. The number of halogens is 1. The highest BCUT2D eigenvalue weighted by Gasteiger charge is 1.95. The summed E-state index contributed by atoms with van der Waals surface area (Å²) < 4.78 is 18.3. The second-order valence-electron chi connectivity index (χ2n) is 3.49. The molecule has 0 aliphatic heterocycles. The predicted molar refractivity (Wildman–Crippen MR) is 66.0 cm³/mol. The van der Waals surface area contributed by atoms with Crippen molar-refractivity contribution < 1.29 is 9.13 Å². The van der Waals surface area contributed by atoms with Gasteiger partial charge in [0.25, 0.3) is 0 Å². The fraction of sp³-hybridized carbons (Fsp3) is 0.0667. The van der Waals surface area contributed by atoms with Crippen molar-refractivity contribution >= 4 is 12.2 Å². The number of hydrogen-bond acceptors (Lipinski definition) is 1. The lowest BCUT2D eigenvalue weighted by Gasteiger charge is -1.99. The summed E-state index contributed by atoms with van der Waals surface area (Å²) in [4.78, 5) is 0. The first-order valence-corrected chi connectivity index (χ1v) is 5.19. The fourth-order valence-electron chi connectivity index (χ4n) is 1.41. The molecule has 2 rings (SSSR count). The van der Waals surface area contributed by atoms with Crippen LogP contribution in [0.25, 0.3) is 12.2 Å². The Labute approximate surface area is 100 Å². The van der Waals surface area contributed by atoms with E-state index in [1.165, 1.54) is 6.07 Å². The molecule has 0 aromatic heterocycles. The van der Waals surface area contributed by atoms with Crippen LogP contribution in [0.2, 0.25) is 0 Å². The highest BCUT2D eigenvalue weighted by Crippen LogP contribution is 2.14. The van der Waals surface area contributed by atoms with Crippen LogP contribution < -0.4 is 4.74 Å². The average Bonchev–Trinajstić information content (AvgIpc) is 2.38. The van der Waals surface area contributed by atoms with Crippen LogP contribution in [0.1, 0.15) is 11.1 Å². The Balaban J connectivity index is 2.17.